The van der Waals surface area contributed by atoms with Crippen molar-refractivity contribution in [3.8, 4) is 0 Å². The Bertz CT molecular complexity index is 716. The molecule has 0 saturated heterocycles. The van der Waals surface area contributed by atoms with Crippen LogP contribution in [0.5, 0.6) is 0 Å². The lowest BCUT2D eigenvalue weighted by Crippen LogP contribution is -2.27. The van der Waals surface area contributed by atoms with E-state index < -0.39 is 40.2 Å². The van der Waals surface area contributed by atoms with Gasteiger partial charge in [-0.2, -0.15) is 13.2 Å². The van der Waals surface area contributed by atoms with Gasteiger partial charge in [0.05, 0.1) is 33.8 Å². The lowest BCUT2D eigenvalue weighted by molar-refractivity contribution is -0.137. The molecule has 1 N–H and O–H groups in total. The number of thioether (sulfide) groups is 1. The molecule has 1 heterocycles. The zero-order chi connectivity index (χ0) is 17.2. The number of anilines is 1. The summed E-state index contributed by atoms with van der Waals surface area (Å²) < 4.78 is 62.1. The number of hydrogen-bond acceptors (Lipinski definition) is 4. The third-order valence-corrected chi connectivity index (χ3v) is 4.27. The van der Waals surface area contributed by atoms with Gasteiger partial charge in [0.2, 0.25) is 0 Å². The molecule has 124 valence electrons. The van der Waals surface area contributed by atoms with Gasteiger partial charge in [-0.1, -0.05) is 0 Å². The molecule has 0 fully saturated rings. The molecule has 23 heavy (non-hydrogen) atoms. The van der Waals surface area contributed by atoms with Crippen LogP contribution in [-0.4, -0.2) is 25.6 Å². The van der Waals surface area contributed by atoms with Crippen LogP contribution in [0.1, 0.15) is 15.9 Å². The number of allylic oxidation sites excluding steroid dienone is 1. The highest BCUT2D eigenvalue weighted by Crippen LogP contribution is 2.35. The number of benzene rings is 1. The van der Waals surface area contributed by atoms with Crippen molar-refractivity contribution in [3.05, 3.63) is 52.6 Å². The fraction of sp³-hybridized carbons (Fsp3) is 0.154. The first-order chi connectivity index (χ1) is 10.7. The van der Waals surface area contributed by atoms with Gasteiger partial charge >= 0.3 is 12.1 Å². The number of aromatic carboxylic acids is 1. The third kappa shape index (κ3) is 3.95. The molecule has 0 bridgehead atoms. The molecule has 1 unspecified atom stereocenters. The number of rotatable bonds is 4. The number of halogens is 3. The van der Waals surface area contributed by atoms with Crippen LogP contribution in [0.4, 0.5) is 18.9 Å². The van der Waals surface area contributed by atoms with Crippen LogP contribution < -0.4 is 4.31 Å². The van der Waals surface area contributed by atoms with Crippen molar-refractivity contribution >= 4 is 34.7 Å². The van der Waals surface area contributed by atoms with Crippen molar-refractivity contribution in [1.82, 2.24) is 0 Å². The van der Waals surface area contributed by atoms with Crippen LogP contribution in [0.15, 0.2) is 41.5 Å². The van der Waals surface area contributed by atoms with E-state index in [1.54, 1.807) is 5.41 Å². The van der Waals surface area contributed by atoms with Crippen molar-refractivity contribution in [2.75, 3.05) is 10.1 Å². The molecular formula is C13H9F3NO4S2-. The summed E-state index contributed by atoms with van der Waals surface area (Å²) in [6.07, 6.45) is -1.86. The number of carboxylic acids is 1. The topological polar surface area (TPSA) is 80.7 Å². The summed E-state index contributed by atoms with van der Waals surface area (Å²) >= 11 is -1.63. The number of carbonyl (C=O) groups is 1. The molecule has 1 aromatic carbocycles. The largest absolute Gasteiger partial charge is 0.755 e. The lowest BCUT2D eigenvalue weighted by Gasteiger charge is -2.30. The Morgan fingerprint density at radius 3 is 2.57 bits per heavy atom. The fourth-order valence-electron chi connectivity index (χ4n) is 1.89. The van der Waals surface area contributed by atoms with Crippen molar-refractivity contribution in [2.45, 2.75) is 6.18 Å². The first-order valence-electron chi connectivity index (χ1n) is 6.04. The van der Waals surface area contributed by atoms with Gasteiger partial charge in [0.15, 0.2) is 0 Å². The average molecular weight is 364 g/mol. The summed E-state index contributed by atoms with van der Waals surface area (Å²) in [7, 11) is 0. The Morgan fingerprint density at radius 2 is 2.09 bits per heavy atom. The highest BCUT2D eigenvalue weighted by Gasteiger charge is 2.33. The van der Waals surface area contributed by atoms with E-state index in [2.05, 4.69) is 0 Å². The van der Waals surface area contributed by atoms with E-state index in [4.69, 9.17) is 5.11 Å². The molecular weight excluding hydrogens is 355 g/mol. The second kappa shape index (κ2) is 6.77. The van der Waals surface area contributed by atoms with Crippen LogP contribution in [0.2, 0.25) is 0 Å². The SMILES string of the molecule is O=C(O)c1ccc(C(F)(F)F)cc1N(C1=CCSC=C1)S(=O)[O-]. The monoisotopic (exact) mass is 364 g/mol. The number of nitrogens with zero attached hydrogens (tertiary/aromatic N) is 1. The molecule has 1 aliphatic rings. The van der Waals surface area contributed by atoms with Crippen LogP contribution in [0, 0.1) is 0 Å². The predicted octanol–water partition coefficient (Wildman–Crippen LogP) is 3.15. The predicted molar refractivity (Wildman–Crippen MR) is 79.5 cm³/mol. The quantitative estimate of drug-likeness (QED) is 0.830. The van der Waals surface area contributed by atoms with E-state index in [-0.39, 0.29) is 5.70 Å². The van der Waals surface area contributed by atoms with Crippen molar-refractivity contribution in [1.29, 1.82) is 0 Å². The summed E-state index contributed by atoms with van der Waals surface area (Å²) in [5, 5.41) is 10.7. The summed E-state index contributed by atoms with van der Waals surface area (Å²) in [5.41, 5.74) is -2.17. The van der Waals surface area contributed by atoms with Gasteiger partial charge in [-0.25, -0.2) is 4.79 Å². The molecule has 1 aromatic rings. The minimum absolute atomic E-state index is 0.0823. The molecule has 5 nitrogen and oxygen atoms in total. The lowest BCUT2D eigenvalue weighted by atomic mass is 10.1. The van der Waals surface area contributed by atoms with Gasteiger partial charge in [-0.15, -0.1) is 11.8 Å². The van der Waals surface area contributed by atoms with Crippen molar-refractivity contribution < 1.29 is 31.8 Å². The van der Waals surface area contributed by atoms with Crippen molar-refractivity contribution in [3.63, 3.8) is 0 Å². The van der Waals surface area contributed by atoms with Crippen molar-refractivity contribution in [2.24, 2.45) is 0 Å². The molecule has 10 heteroatoms. The molecule has 1 atom stereocenters. The fourth-order valence-corrected chi connectivity index (χ4v) is 3.12. The van der Waals surface area contributed by atoms with Gasteiger partial charge in [-0.3, -0.25) is 8.51 Å². The Morgan fingerprint density at radius 1 is 1.39 bits per heavy atom. The molecule has 0 saturated carbocycles. The van der Waals surface area contributed by atoms with Crippen LogP contribution in [-0.2, 0) is 17.4 Å². The average Bonchev–Trinajstić information content (AvgIpc) is 2.47. The normalized spacial score (nSPS) is 15.9. The number of carboxylic acid groups (broad SMARTS) is 1. The van der Waals surface area contributed by atoms with Gasteiger partial charge in [0.1, 0.15) is 0 Å². The third-order valence-electron chi connectivity index (χ3n) is 2.88. The maximum Gasteiger partial charge on any atom is 0.416 e. The van der Waals surface area contributed by atoms with Crippen LogP contribution in [0.3, 0.4) is 0 Å². The second-order valence-electron chi connectivity index (χ2n) is 4.31. The molecule has 0 amide bonds. The Kier molecular flexibility index (Phi) is 5.17. The van der Waals surface area contributed by atoms with E-state index in [0.717, 1.165) is 6.07 Å². The van der Waals surface area contributed by atoms with E-state index in [0.29, 0.717) is 22.2 Å². The number of hydrogen-bond donors (Lipinski definition) is 1. The summed E-state index contributed by atoms with van der Waals surface area (Å²) in [6, 6.07) is 1.84. The highest BCUT2D eigenvalue weighted by atomic mass is 32.2. The maximum absolute atomic E-state index is 12.9. The first-order valence-corrected chi connectivity index (χ1v) is 8.12. The highest BCUT2D eigenvalue weighted by molar-refractivity contribution is 8.02. The summed E-state index contributed by atoms with van der Waals surface area (Å²) in [6.45, 7) is 0. The van der Waals surface area contributed by atoms with E-state index in [9.17, 15) is 26.7 Å². The zero-order valence-electron chi connectivity index (χ0n) is 11.2. The number of alkyl halides is 3. The Labute approximate surface area is 135 Å². The van der Waals surface area contributed by atoms with E-state index in [1.165, 1.54) is 23.9 Å². The summed E-state index contributed by atoms with van der Waals surface area (Å²) in [5.74, 6) is -1.11. The van der Waals surface area contributed by atoms with Gasteiger partial charge in [-0.05, 0) is 35.8 Å². The van der Waals surface area contributed by atoms with E-state index in [1.807, 2.05) is 0 Å². The van der Waals surface area contributed by atoms with Crippen LogP contribution in [0.25, 0.3) is 0 Å². The molecule has 2 rings (SSSR count). The minimum atomic E-state index is -4.73. The van der Waals surface area contributed by atoms with Gasteiger partial charge in [0, 0.05) is 5.75 Å². The molecule has 0 spiro atoms. The zero-order valence-corrected chi connectivity index (χ0v) is 12.9. The smallest absolute Gasteiger partial charge is 0.416 e. The molecule has 0 aliphatic carbocycles. The summed E-state index contributed by atoms with van der Waals surface area (Å²) in [4.78, 5) is 11.2. The first kappa shape index (κ1) is 17.6. The van der Waals surface area contributed by atoms with Crippen LogP contribution >= 0.6 is 11.8 Å². The van der Waals surface area contributed by atoms with E-state index >= 15 is 0 Å². The standard InChI is InChI=1S/C13H10F3NO4S2/c14-13(15,16)8-1-2-10(12(18)19)11(7-8)17(23(20)21)9-3-5-22-6-4-9/h1-5,7H,6H2,(H,18,19)(H,20,21)/p-1. The van der Waals surface area contributed by atoms with Gasteiger partial charge < -0.3 is 9.66 Å². The molecule has 0 aromatic heterocycles. The maximum atomic E-state index is 12.9. The Balaban J connectivity index is 2.65. The second-order valence-corrected chi connectivity index (χ2v) is 6.05. The molecule has 1 aliphatic heterocycles. The molecule has 0 radical (unpaired) electrons. The minimum Gasteiger partial charge on any atom is -0.755 e. The Hall–Kier alpha value is -1.78. The van der Waals surface area contributed by atoms with Gasteiger partial charge in [0.25, 0.3) is 0 Å².